The highest BCUT2D eigenvalue weighted by Crippen LogP contribution is 2.31. The largest absolute Gasteiger partial charge is 0.352 e. The van der Waals surface area contributed by atoms with Crippen LogP contribution in [0, 0.1) is 12.8 Å². The van der Waals surface area contributed by atoms with E-state index in [1.54, 1.807) is 0 Å². The normalized spacial score (nSPS) is 15.8. The first kappa shape index (κ1) is 15.9. The third kappa shape index (κ3) is 3.29. The summed E-state index contributed by atoms with van der Waals surface area (Å²) in [5, 5.41) is 3.00. The first-order chi connectivity index (χ1) is 12.1. The second-order valence-corrected chi connectivity index (χ2v) is 7.03. The van der Waals surface area contributed by atoms with Crippen molar-refractivity contribution in [2.75, 3.05) is 11.4 Å². The number of carbonyl (C=O) groups is 2. The SMILES string of the molecule is Cc1ccc(C(=O)N2CCc3cc(CNC(=O)C4CC4)ccc32)cc1. The lowest BCUT2D eigenvalue weighted by Crippen LogP contribution is -2.28. The molecule has 1 aliphatic heterocycles. The van der Waals surface area contributed by atoms with E-state index in [2.05, 4.69) is 11.4 Å². The van der Waals surface area contributed by atoms with Crippen molar-refractivity contribution in [3.8, 4) is 0 Å². The van der Waals surface area contributed by atoms with Crippen LogP contribution < -0.4 is 10.2 Å². The molecule has 1 fully saturated rings. The van der Waals surface area contributed by atoms with Crippen LogP contribution in [0.15, 0.2) is 42.5 Å². The summed E-state index contributed by atoms with van der Waals surface area (Å²) in [5.74, 6) is 0.447. The first-order valence-electron chi connectivity index (χ1n) is 8.90. The second kappa shape index (κ2) is 6.36. The fourth-order valence-corrected chi connectivity index (χ4v) is 3.31. The summed E-state index contributed by atoms with van der Waals surface area (Å²) in [5.41, 5.74) is 5.13. The summed E-state index contributed by atoms with van der Waals surface area (Å²) in [6, 6.07) is 13.8. The van der Waals surface area contributed by atoms with E-state index in [-0.39, 0.29) is 17.7 Å². The molecular weight excluding hydrogens is 312 g/mol. The van der Waals surface area contributed by atoms with Crippen LogP contribution >= 0.6 is 0 Å². The van der Waals surface area contributed by atoms with Gasteiger partial charge in [-0.3, -0.25) is 9.59 Å². The molecule has 1 N–H and O–H groups in total. The summed E-state index contributed by atoms with van der Waals surface area (Å²) in [6.45, 7) is 3.29. The number of hydrogen-bond donors (Lipinski definition) is 1. The van der Waals surface area contributed by atoms with Crippen LogP contribution in [0.2, 0.25) is 0 Å². The Kier molecular flexibility index (Phi) is 4.04. The quantitative estimate of drug-likeness (QED) is 0.933. The molecule has 2 aliphatic rings. The highest BCUT2D eigenvalue weighted by atomic mass is 16.2. The fourth-order valence-electron chi connectivity index (χ4n) is 3.31. The van der Waals surface area contributed by atoms with Gasteiger partial charge < -0.3 is 10.2 Å². The number of rotatable bonds is 4. The zero-order valence-corrected chi connectivity index (χ0v) is 14.4. The molecule has 25 heavy (non-hydrogen) atoms. The smallest absolute Gasteiger partial charge is 0.258 e. The predicted octanol–water partition coefficient (Wildman–Crippen LogP) is 3.22. The van der Waals surface area contributed by atoms with E-state index in [4.69, 9.17) is 0 Å². The van der Waals surface area contributed by atoms with E-state index in [9.17, 15) is 9.59 Å². The molecule has 1 saturated carbocycles. The third-order valence-electron chi connectivity index (χ3n) is 5.00. The van der Waals surface area contributed by atoms with E-state index in [1.807, 2.05) is 48.2 Å². The number of amides is 2. The Morgan fingerprint density at radius 3 is 2.60 bits per heavy atom. The van der Waals surface area contributed by atoms with E-state index < -0.39 is 0 Å². The third-order valence-corrected chi connectivity index (χ3v) is 5.00. The van der Waals surface area contributed by atoms with E-state index in [0.29, 0.717) is 13.1 Å². The van der Waals surface area contributed by atoms with Gasteiger partial charge in [-0.25, -0.2) is 0 Å². The maximum Gasteiger partial charge on any atom is 0.258 e. The highest BCUT2D eigenvalue weighted by Gasteiger charge is 2.29. The molecule has 1 aliphatic carbocycles. The minimum Gasteiger partial charge on any atom is -0.352 e. The number of carbonyl (C=O) groups excluding carboxylic acids is 2. The van der Waals surface area contributed by atoms with Gasteiger partial charge >= 0.3 is 0 Å². The number of nitrogens with one attached hydrogen (secondary N) is 1. The Morgan fingerprint density at radius 2 is 1.88 bits per heavy atom. The molecule has 0 spiro atoms. The number of benzene rings is 2. The van der Waals surface area contributed by atoms with Crippen molar-refractivity contribution in [2.45, 2.75) is 32.7 Å². The molecule has 1 heterocycles. The number of nitrogens with zero attached hydrogens (tertiary/aromatic N) is 1. The molecule has 4 nitrogen and oxygen atoms in total. The van der Waals surface area contributed by atoms with Crippen molar-refractivity contribution < 1.29 is 9.59 Å². The summed E-state index contributed by atoms with van der Waals surface area (Å²) in [4.78, 5) is 26.4. The Hall–Kier alpha value is -2.62. The Labute approximate surface area is 147 Å². The minimum atomic E-state index is 0.0496. The topological polar surface area (TPSA) is 49.4 Å². The van der Waals surface area contributed by atoms with Crippen molar-refractivity contribution in [1.29, 1.82) is 0 Å². The summed E-state index contributed by atoms with van der Waals surface area (Å²) in [6.07, 6.45) is 2.90. The number of anilines is 1. The van der Waals surface area contributed by atoms with Crippen molar-refractivity contribution >= 4 is 17.5 Å². The Balaban J connectivity index is 1.47. The van der Waals surface area contributed by atoms with Crippen LogP contribution in [-0.4, -0.2) is 18.4 Å². The van der Waals surface area contributed by atoms with E-state index >= 15 is 0 Å². The predicted molar refractivity (Wildman–Crippen MR) is 97.6 cm³/mol. The number of hydrogen-bond acceptors (Lipinski definition) is 2. The van der Waals surface area contributed by atoms with Gasteiger partial charge in [-0.15, -0.1) is 0 Å². The van der Waals surface area contributed by atoms with Crippen molar-refractivity contribution in [3.63, 3.8) is 0 Å². The molecule has 0 saturated heterocycles. The van der Waals surface area contributed by atoms with Crippen LogP contribution in [0.5, 0.6) is 0 Å². The summed E-state index contributed by atoms with van der Waals surface area (Å²) < 4.78 is 0. The first-order valence-corrected chi connectivity index (χ1v) is 8.90. The van der Waals surface area contributed by atoms with Crippen molar-refractivity contribution in [1.82, 2.24) is 5.32 Å². The lowest BCUT2D eigenvalue weighted by atomic mass is 10.1. The molecule has 0 unspecified atom stereocenters. The van der Waals surface area contributed by atoms with Gasteiger partial charge in [0.25, 0.3) is 5.91 Å². The molecule has 4 rings (SSSR count). The zero-order valence-electron chi connectivity index (χ0n) is 14.4. The lowest BCUT2D eigenvalue weighted by molar-refractivity contribution is -0.122. The zero-order chi connectivity index (χ0) is 17.4. The molecule has 4 heteroatoms. The lowest BCUT2D eigenvalue weighted by Gasteiger charge is -2.18. The van der Waals surface area contributed by atoms with Gasteiger partial charge in [0.15, 0.2) is 0 Å². The van der Waals surface area contributed by atoms with E-state index in [0.717, 1.165) is 41.6 Å². The molecule has 2 aromatic carbocycles. The van der Waals surface area contributed by atoms with Gasteiger partial charge in [0, 0.05) is 30.3 Å². The molecule has 0 radical (unpaired) electrons. The van der Waals surface area contributed by atoms with Gasteiger partial charge in [0.2, 0.25) is 5.91 Å². The average molecular weight is 334 g/mol. The molecule has 2 amide bonds. The van der Waals surface area contributed by atoms with Crippen LogP contribution in [0.4, 0.5) is 5.69 Å². The van der Waals surface area contributed by atoms with Gasteiger partial charge in [0.1, 0.15) is 0 Å². The highest BCUT2D eigenvalue weighted by molar-refractivity contribution is 6.07. The van der Waals surface area contributed by atoms with Gasteiger partial charge in [-0.2, -0.15) is 0 Å². The average Bonchev–Trinajstić information content (AvgIpc) is 3.39. The monoisotopic (exact) mass is 334 g/mol. The maximum absolute atomic E-state index is 12.8. The van der Waals surface area contributed by atoms with Crippen LogP contribution in [-0.2, 0) is 17.8 Å². The summed E-state index contributed by atoms with van der Waals surface area (Å²) in [7, 11) is 0. The van der Waals surface area contributed by atoms with Gasteiger partial charge in [-0.05, 0) is 55.5 Å². The van der Waals surface area contributed by atoms with Crippen LogP contribution in [0.1, 0.15) is 39.9 Å². The molecule has 128 valence electrons. The van der Waals surface area contributed by atoms with E-state index in [1.165, 1.54) is 5.56 Å². The number of aryl methyl sites for hydroxylation is 1. The van der Waals surface area contributed by atoms with Crippen LogP contribution in [0.25, 0.3) is 0 Å². The fraction of sp³-hybridized carbons (Fsp3) is 0.333. The number of fused-ring (bicyclic) bond motifs is 1. The minimum absolute atomic E-state index is 0.0496. The van der Waals surface area contributed by atoms with Crippen molar-refractivity contribution in [2.24, 2.45) is 5.92 Å². The summed E-state index contributed by atoms with van der Waals surface area (Å²) >= 11 is 0. The molecule has 2 aromatic rings. The molecular formula is C21H22N2O2. The second-order valence-electron chi connectivity index (χ2n) is 7.03. The Bertz CT molecular complexity index is 822. The van der Waals surface area contributed by atoms with Crippen LogP contribution in [0.3, 0.4) is 0 Å². The molecule has 0 aromatic heterocycles. The standard InChI is InChI=1S/C21H22N2O2/c1-14-2-5-17(6-3-14)21(25)23-11-10-18-12-15(4-9-19(18)23)13-22-20(24)16-7-8-16/h2-6,9,12,16H,7-8,10-11,13H2,1H3,(H,22,24). The molecule has 0 bridgehead atoms. The maximum atomic E-state index is 12.8. The van der Waals surface area contributed by atoms with Crippen molar-refractivity contribution in [3.05, 3.63) is 64.7 Å². The van der Waals surface area contributed by atoms with Gasteiger partial charge in [-0.1, -0.05) is 29.8 Å². The van der Waals surface area contributed by atoms with Gasteiger partial charge in [0.05, 0.1) is 0 Å². The Morgan fingerprint density at radius 1 is 1.12 bits per heavy atom. The molecule has 0 atom stereocenters.